The fraction of sp³-hybridized carbons (Fsp3) is 0.944. The van der Waals surface area contributed by atoms with Crippen LogP contribution in [-0.4, -0.2) is 29.1 Å². The number of rotatable bonds is 7. The van der Waals surface area contributed by atoms with E-state index >= 15 is 0 Å². The fourth-order valence-corrected chi connectivity index (χ4v) is 4.21. The topological polar surface area (TPSA) is 32.3 Å². The molecule has 1 N–H and O–H groups in total. The first kappa shape index (κ1) is 16.8. The highest BCUT2D eigenvalue weighted by Crippen LogP contribution is 2.34. The van der Waals surface area contributed by atoms with Crippen LogP contribution in [0, 0.1) is 11.8 Å². The Bertz CT molecular complexity index is 336. The Morgan fingerprint density at radius 1 is 1.24 bits per heavy atom. The lowest BCUT2D eigenvalue weighted by atomic mass is 9.99. The Balaban J connectivity index is 2.08. The van der Waals surface area contributed by atoms with Gasteiger partial charge in [-0.2, -0.15) is 0 Å². The Labute approximate surface area is 130 Å². The van der Waals surface area contributed by atoms with Crippen molar-refractivity contribution < 1.29 is 4.79 Å². The van der Waals surface area contributed by atoms with E-state index in [1.807, 2.05) is 0 Å². The van der Waals surface area contributed by atoms with Gasteiger partial charge in [0, 0.05) is 6.04 Å². The molecule has 21 heavy (non-hydrogen) atoms. The largest absolute Gasteiger partial charge is 0.323 e. The smallest absolute Gasteiger partial charge is 0.241 e. The lowest BCUT2D eigenvalue weighted by Gasteiger charge is -2.34. The van der Waals surface area contributed by atoms with Crippen LogP contribution in [0.1, 0.15) is 79.1 Å². The molecule has 1 amide bonds. The van der Waals surface area contributed by atoms with Crippen LogP contribution in [0.25, 0.3) is 0 Å². The minimum atomic E-state index is 0.0742. The predicted octanol–water partition coefficient (Wildman–Crippen LogP) is 3.93. The van der Waals surface area contributed by atoms with Crippen LogP contribution in [0.3, 0.4) is 0 Å². The maximum atomic E-state index is 12.9. The van der Waals surface area contributed by atoms with Crippen molar-refractivity contribution in [1.82, 2.24) is 10.2 Å². The van der Waals surface area contributed by atoms with Gasteiger partial charge in [-0.1, -0.05) is 46.5 Å². The molecule has 2 aliphatic rings. The zero-order valence-corrected chi connectivity index (χ0v) is 14.4. The van der Waals surface area contributed by atoms with E-state index < -0.39 is 0 Å². The molecule has 3 atom stereocenters. The molecule has 0 radical (unpaired) electrons. The van der Waals surface area contributed by atoms with Gasteiger partial charge in [-0.15, -0.1) is 0 Å². The molecule has 0 aromatic heterocycles. The molecule has 1 aliphatic carbocycles. The van der Waals surface area contributed by atoms with E-state index in [2.05, 4.69) is 37.9 Å². The van der Waals surface area contributed by atoms with Crippen LogP contribution in [0.4, 0.5) is 0 Å². The number of carbonyl (C=O) groups is 1. The van der Waals surface area contributed by atoms with Crippen molar-refractivity contribution in [3.05, 3.63) is 0 Å². The van der Waals surface area contributed by atoms with Crippen LogP contribution in [0.2, 0.25) is 0 Å². The minimum Gasteiger partial charge on any atom is -0.323 e. The zero-order chi connectivity index (χ0) is 15.4. The molecule has 2 fully saturated rings. The molecule has 0 aromatic rings. The first-order valence-corrected chi connectivity index (χ1v) is 9.12. The van der Waals surface area contributed by atoms with E-state index in [9.17, 15) is 4.79 Å². The van der Waals surface area contributed by atoms with Crippen LogP contribution >= 0.6 is 0 Å². The van der Waals surface area contributed by atoms with E-state index in [4.69, 9.17) is 0 Å². The highest BCUT2D eigenvalue weighted by molar-refractivity contribution is 5.84. The quantitative estimate of drug-likeness (QED) is 0.771. The van der Waals surface area contributed by atoms with Crippen LogP contribution in [0.15, 0.2) is 0 Å². The first-order valence-electron chi connectivity index (χ1n) is 9.12. The second-order valence-electron chi connectivity index (χ2n) is 7.57. The number of nitrogens with zero attached hydrogens (tertiary/aromatic N) is 1. The van der Waals surface area contributed by atoms with Gasteiger partial charge in [0.1, 0.15) is 0 Å². The fourth-order valence-electron chi connectivity index (χ4n) is 4.21. The van der Waals surface area contributed by atoms with E-state index in [1.165, 1.54) is 32.1 Å². The first-order chi connectivity index (χ1) is 10.0. The standard InChI is InChI=1S/C18H34N2O/c1-5-6-11-16-18(21)20(14(4)12-13(2)3)17(19-16)15-9-7-8-10-15/h13-17,19H,5-12H2,1-4H3. The summed E-state index contributed by atoms with van der Waals surface area (Å²) < 4.78 is 0. The molecular weight excluding hydrogens is 260 g/mol. The summed E-state index contributed by atoms with van der Waals surface area (Å²) in [7, 11) is 0. The van der Waals surface area contributed by atoms with Crippen molar-refractivity contribution in [3.63, 3.8) is 0 Å². The maximum Gasteiger partial charge on any atom is 0.241 e. The van der Waals surface area contributed by atoms with Crippen molar-refractivity contribution in [3.8, 4) is 0 Å². The van der Waals surface area contributed by atoms with Crippen LogP contribution in [0.5, 0.6) is 0 Å². The lowest BCUT2D eigenvalue weighted by Crippen LogP contribution is -2.47. The molecule has 0 spiro atoms. The summed E-state index contributed by atoms with van der Waals surface area (Å²) in [6.45, 7) is 8.95. The number of amides is 1. The second kappa shape index (κ2) is 7.62. The van der Waals surface area contributed by atoms with Crippen molar-refractivity contribution in [2.24, 2.45) is 11.8 Å². The molecule has 2 rings (SSSR count). The Morgan fingerprint density at radius 2 is 1.90 bits per heavy atom. The lowest BCUT2D eigenvalue weighted by molar-refractivity contribution is -0.133. The third kappa shape index (κ3) is 4.00. The summed E-state index contributed by atoms with van der Waals surface area (Å²) in [6.07, 6.45) is 9.98. The van der Waals surface area contributed by atoms with Crippen LogP contribution in [-0.2, 0) is 4.79 Å². The molecule has 0 aromatic carbocycles. The van der Waals surface area contributed by atoms with Crippen LogP contribution < -0.4 is 5.32 Å². The van der Waals surface area contributed by atoms with Crippen molar-refractivity contribution in [2.45, 2.75) is 97.3 Å². The predicted molar refractivity (Wildman–Crippen MR) is 88.0 cm³/mol. The van der Waals surface area contributed by atoms with Gasteiger partial charge in [-0.3, -0.25) is 10.1 Å². The molecule has 1 saturated carbocycles. The van der Waals surface area contributed by atoms with Gasteiger partial charge < -0.3 is 4.90 Å². The van der Waals surface area contributed by atoms with Gasteiger partial charge in [0.2, 0.25) is 5.91 Å². The summed E-state index contributed by atoms with van der Waals surface area (Å²) in [5.74, 6) is 1.69. The number of carbonyl (C=O) groups excluding carboxylic acids is 1. The highest BCUT2D eigenvalue weighted by Gasteiger charge is 2.44. The van der Waals surface area contributed by atoms with Gasteiger partial charge in [0.05, 0.1) is 12.2 Å². The monoisotopic (exact) mass is 294 g/mol. The molecule has 122 valence electrons. The van der Waals surface area contributed by atoms with Gasteiger partial charge in [0.15, 0.2) is 0 Å². The minimum absolute atomic E-state index is 0.0742. The maximum absolute atomic E-state index is 12.9. The van der Waals surface area contributed by atoms with Gasteiger partial charge >= 0.3 is 0 Å². The third-order valence-corrected chi connectivity index (χ3v) is 5.20. The molecule has 0 bridgehead atoms. The number of unbranched alkanes of at least 4 members (excludes halogenated alkanes) is 1. The average Bonchev–Trinajstić information content (AvgIpc) is 3.03. The summed E-state index contributed by atoms with van der Waals surface area (Å²) in [5, 5.41) is 3.70. The Kier molecular flexibility index (Phi) is 6.09. The van der Waals surface area contributed by atoms with E-state index in [0.717, 1.165) is 19.3 Å². The molecule has 1 saturated heterocycles. The van der Waals surface area contributed by atoms with E-state index in [-0.39, 0.29) is 6.04 Å². The molecule has 3 nitrogen and oxygen atoms in total. The molecule has 3 heteroatoms. The summed E-state index contributed by atoms with van der Waals surface area (Å²) >= 11 is 0. The van der Waals surface area contributed by atoms with Crippen molar-refractivity contribution >= 4 is 5.91 Å². The molecular formula is C18H34N2O. The summed E-state index contributed by atoms with van der Waals surface area (Å²) in [5.41, 5.74) is 0. The van der Waals surface area contributed by atoms with E-state index in [1.54, 1.807) is 0 Å². The second-order valence-corrected chi connectivity index (χ2v) is 7.57. The zero-order valence-electron chi connectivity index (χ0n) is 14.4. The van der Waals surface area contributed by atoms with Gasteiger partial charge in [-0.05, 0) is 44.4 Å². The normalized spacial score (nSPS) is 28.8. The Hall–Kier alpha value is -0.570. The molecule has 1 heterocycles. The SMILES string of the molecule is CCCCC1NC(C2CCCC2)N(C(C)CC(C)C)C1=O. The van der Waals surface area contributed by atoms with Crippen molar-refractivity contribution in [1.29, 1.82) is 0 Å². The van der Waals surface area contributed by atoms with Gasteiger partial charge in [-0.25, -0.2) is 0 Å². The summed E-state index contributed by atoms with van der Waals surface area (Å²) in [4.78, 5) is 15.1. The van der Waals surface area contributed by atoms with Crippen molar-refractivity contribution in [2.75, 3.05) is 0 Å². The number of hydrogen-bond donors (Lipinski definition) is 1. The molecule has 3 unspecified atom stereocenters. The summed E-state index contributed by atoms with van der Waals surface area (Å²) in [6, 6.07) is 0.437. The number of nitrogens with one attached hydrogen (secondary N) is 1. The Morgan fingerprint density at radius 3 is 2.48 bits per heavy atom. The number of hydrogen-bond acceptors (Lipinski definition) is 2. The highest BCUT2D eigenvalue weighted by atomic mass is 16.2. The van der Waals surface area contributed by atoms with Gasteiger partial charge in [0.25, 0.3) is 0 Å². The van der Waals surface area contributed by atoms with E-state index in [0.29, 0.717) is 30.0 Å². The third-order valence-electron chi connectivity index (χ3n) is 5.20. The average molecular weight is 294 g/mol. The molecule has 1 aliphatic heterocycles.